The number of rotatable bonds is 10. The number of benzene rings is 2. The van der Waals surface area contributed by atoms with Crippen molar-refractivity contribution >= 4 is 22.8 Å². The van der Waals surface area contributed by atoms with Crippen LogP contribution in [0.2, 0.25) is 0 Å². The molecule has 1 aromatic heterocycles. The number of fused-ring (bicyclic) bond motifs is 1. The van der Waals surface area contributed by atoms with Gasteiger partial charge in [0.05, 0.1) is 32.8 Å². The number of methoxy groups -OCH3 is 2. The van der Waals surface area contributed by atoms with Crippen LogP contribution in [0.4, 0.5) is 0 Å². The van der Waals surface area contributed by atoms with E-state index in [9.17, 15) is 9.59 Å². The summed E-state index contributed by atoms with van der Waals surface area (Å²) in [5.74, 6) is 2.10. The summed E-state index contributed by atoms with van der Waals surface area (Å²) in [6, 6.07) is 13.0. The summed E-state index contributed by atoms with van der Waals surface area (Å²) in [5.41, 5.74) is 1.70. The van der Waals surface area contributed by atoms with Crippen LogP contribution >= 0.6 is 0 Å². The number of para-hydroxylation sites is 1. The molecule has 8 nitrogen and oxygen atoms in total. The number of carbonyl (C=O) groups excluding carboxylic acids is 2. The van der Waals surface area contributed by atoms with E-state index < -0.39 is 5.92 Å². The van der Waals surface area contributed by atoms with Crippen molar-refractivity contribution < 1.29 is 28.2 Å². The maximum absolute atomic E-state index is 12.9. The van der Waals surface area contributed by atoms with E-state index in [1.54, 1.807) is 19.1 Å². The lowest BCUT2D eigenvalue weighted by Crippen LogP contribution is -2.34. The van der Waals surface area contributed by atoms with Gasteiger partial charge in [0.15, 0.2) is 22.8 Å². The van der Waals surface area contributed by atoms with E-state index >= 15 is 0 Å². The van der Waals surface area contributed by atoms with Crippen LogP contribution in [0.3, 0.4) is 0 Å². The Bertz CT molecular complexity index is 1200. The number of amides is 2. The summed E-state index contributed by atoms with van der Waals surface area (Å²) in [7, 11) is 3.19. The van der Waals surface area contributed by atoms with Crippen molar-refractivity contribution in [2.75, 3.05) is 33.9 Å². The average Bonchev–Trinajstić information content (AvgIpc) is 3.47. The highest BCUT2D eigenvalue weighted by Crippen LogP contribution is 2.32. The smallest absolute Gasteiger partial charge is 0.226 e. The standard InChI is InChI=1S/C27H32N2O6/c1-5-34-22-8-6-7-19-14-23(35-26(19)22)17(2)28-27(31)20-15-25(30)29(16-20)12-11-18-9-10-21(32-3)24(13-18)33-4/h6-10,13-14,17,20H,5,11-12,15-16H2,1-4H3,(H,28,31). The fraction of sp³-hybridized carbons (Fsp3) is 0.407. The highest BCUT2D eigenvalue weighted by atomic mass is 16.5. The average molecular weight is 481 g/mol. The fourth-order valence-electron chi connectivity index (χ4n) is 4.41. The molecular weight excluding hydrogens is 448 g/mol. The van der Waals surface area contributed by atoms with Crippen LogP contribution in [0.15, 0.2) is 46.9 Å². The van der Waals surface area contributed by atoms with Gasteiger partial charge in [-0.2, -0.15) is 0 Å². The zero-order chi connectivity index (χ0) is 24.9. The third-order valence-electron chi connectivity index (χ3n) is 6.32. The second-order valence-corrected chi connectivity index (χ2v) is 8.67. The molecule has 0 saturated carbocycles. The molecule has 1 fully saturated rings. The molecule has 1 N–H and O–H groups in total. The summed E-state index contributed by atoms with van der Waals surface area (Å²) in [5, 5.41) is 3.93. The molecule has 0 radical (unpaired) electrons. The van der Waals surface area contributed by atoms with Crippen molar-refractivity contribution in [3.8, 4) is 17.2 Å². The Morgan fingerprint density at radius 2 is 1.94 bits per heavy atom. The predicted molar refractivity (Wildman–Crippen MR) is 132 cm³/mol. The lowest BCUT2D eigenvalue weighted by atomic mass is 10.1. The van der Waals surface area contributed by atoms with Gasteiger partial charge in [0.2, 0.25) is 11.8 Å². The highest BCUT2D eigenvalue weighted by molar-refractivity contribution is 5.89. The third kappa shape index (κ3) is 5.37. The first-order valence-corrected chi connectivity index (χ1v) is 11.9. The monoisotopic (exact) mass is 480 g/mol. The van der Waals surface area contributed by atoms with Crippen LogP contribution in [0.25, 0.3) is 11.0 Å². The lowest BCUT2D eigenvalue weighted by Gasteiger charge is -2.18. The largest absolute Gasteiger partial charge is 0.493 e. The van der Waals surface area contributed by atoms with Crippen LogP contribution < -0.4 is 19.5 Å². The zero-order valence-corrected chi connectivity index (χ0v) is 20.6. The molecule has 2 heterocycles. The molecule has 2 aromatic carbocycles. The van der Waals surface area contributed by atoms with Crippen LogP contribution in [0.1, 0.15) is 37.6 Å². The molecule has 1 saturated heterocycles. The van der Waals surface area contributed by atoms with Gasteiger partial charge in [0.1, 0.15) is 5.76 Å². The molecule has 1 aliphatic heterocycles. The summed E-state index contributed by atoms with van der Waals surface area (Å²) in [6.45, 7) is 5.28. The molecule has 4 rings (SSSR count). The molecule has 186 valence electrons. The second-order valence-electron chi connectivity index (χ2n) is 8.67. The van der Waals surface area contributed by atoms with Gasteiger partial charge in [-0.25, -0.2) is 0 Å². The van der Waals surface area contributed by atoms with Crippen LogP contribution in [-0.2, 0) is 16.0 Å². The quantitative estimate of drug-likeness (QED) is 0.470. The van der Waals surface area contributed by atoms with Crippen LogP contribution in [-0.4, -0.2) is 50.6 Å². The summed E-state index contributed by atoms with van der Waals surface area (Å²) < 4.78 is 22.3. The van der Waals surface area contributed by atoms with E-state index in [4.69, 9.17) is 18.6 Å². The van der Waals surface area contributed by atoms with E-state index in [2.05, 4.69) is 5.32 Å². The maximum atomic E-state index is 12.9. The summed E-state index contributed by atoms with van der Waals surface area (Å²) in [6.07, 6.45) is 0.872. The predicted octanol–water partition coefficient (Wildman–Crippen LogP) is 4.12. The molecule has 35 heavy (non-hydrogen) atoms. The van der Waals surface area contributed by atoms with Gasteiger partial charge in [-0.05, 0) is 50.1 Å². The molecule has 2 amide bonds. The Balaban J connectivity index is 1.35. The minimum atomic E-state index is -0.390. The number of furan rings is 1. The van der Waals surface area contributed by atoms with E-state index in [0.29, 0.717) is 54.7 Å². The lowest BCUT2D eigenvalue weighted by molar-refractivity contribution is -0.129. The number of hydrogen-bond donors (Lipinski definition) is 1. The molecule has 0 aliphatic carbocycles. The SMILES string of the molecule is CCOc1cccc2cc(C(C)NC(=O)C3CC(=O)N(CCc4ccc(OC)c(OC)c4)C3)oc12. The molecular formula is C27H32N2O6. The summed E-state index contributed by atoms with van der Waals surface area (Å²) >= 11 is 0. The number of carbonyl (C=O) groups is 2. The van der Waals surface area contributed by atoms with Crippen molar-refractivity contribution in [3.05, 3.63) is 53.8 Å². The van der Waals surface area contributed by atoms with Gasteiger partial charge in [-0.3, -0.25) is 9.59 Å². The van der Waals surface area contributed by atoms with Gasteiger partial charge < -0.3 is 28.8 Å². The van der Waals surface area contributed by atoms with Gasteiger partial charge >= 0.3 is 0 Å². The Kier molecular flexibility index (Phi) is 7.48. The van der Waals surface area contributed by atoms with Crippen molar-refractivity contribution in [1.29, 1.82) is 0 Å². The minimum absolute atomic E-state index is 0.0108. The van der Waals surface area contributed by atoms with Crippen LogP contribution in [0, 0.1) is 5.92 Å². The zero-order valence-electron chi connectivity index (χ0n) is 20.6. The van der Waals surface area contributed by atoms with E-state index in [1.165, 1.54) is 0 Å². The topological polar surface area (TPSA) is 90.2 Å². The van der Waals surface area contributed by atoms with Gasteiger partial charge in [0, 0.05) is 24.9 Å². The second kappa shape index (κ2) is 10.7. The minimum Gasteiger partial charge on any atom is -0.493 e. The van der Waals surface area contributed by atoms with Crippen molar-refractivity contribution in [3.63, 3.8) is 0 Å². The Morgan fingerprint density at radius 3 is 2.69 bits per heavy atom. The Hall–Kier alpha value is -3.68. The normalized spacial score (nSPS) is 16.4. The van der Waals surface area contributed by atoms with E-state index in [1.807, 2.05) is 56.3 Å². The first kappa shape index (κ1) is 24.4. The van der Waals surface area contributed by atoms with E-state index in [-0.39, 0.29) is 24.3 Å². The maximum Gasteiger partial charge on any atom is 0.226 e. The fourth-order valence-corrected chi connectivity index (χ4v) is 4.41. The molecule has 8 heteroatoms. The van der Waals surface area contributed by atoms with Gasteiger partial charge in [-0.15, -0.1) is 0 Å². The Labute approximate surface area is 205 Å². The first-order chi connectivity index (χ1) is 16.9. The Morgan fingerprint density at radius 1 is 1.14 bits per heavy atom. The third-order valence-corrected chi connectivity index (χ3v) is 6.32. The highest BCUT2D eigenvalue weighted by Gasteiger charge is 2.34. The van der Waals surface area contributed by atoms with E-state index in [0.717, 1.165) is 10.9 Å². The van der Waals surface area contributed by atoms with Crippen molar-refractivity contribution in [2.24, 2.45) is 5.92 Å². The van der Waals surface area contributed by atoms with Crippen molar-refractivity contribution in [2.45, 2.75) is 32.7 Å². The molecule has 2 unspecified atom stereocenters. The number of ether oxygens (including phenoxy) is 3. The first-order valence-electron chi connectivity index (χ1n) is 11.9. The molecule has 0 bridgehead atoms. The molecule has 1 aliphatic rings. The van der Waals surface area contributed by atoms with Gasteiger partial charge in [-0.1, -0.05) is 18.2 Å². The van der Waals surface area contributed by atoms with Crippen molar-refractivity contribution in [1.82, 2.24) is 10.2 Å². The van der Waals surface area contributed by atoms with Gasteiger partial charge in [0.25, 0.3) is 0 Å². The molecule has 2 atom stereocenters. The number of nitrogens with zero attached hydrogens (tertiary/aromatic N) is 1. The number of hydrogen-bond acceptors (Lipinski definition) is 6. The molecule has 0 spiro atoms. The number of nitrogens with one attached hydrogen (secondary N) is 1. The number of likely N-dealkylation sites (tertiary alicyclic amines) is 1. The molecule has 3 aromatic rings. The summed E-state index contributed by atoms with van der Waals surface area (Å²) in [4.78, 5) is 27.3. The van der Waals surface area contributed by atoms with Crippen LogP contribution in [0.5, 0.6) is 17.2 Å².